The Morgan fingerprint density at radius 1 is 1.15 bits per heavy atom. The Morgan fingerprint density at radius 3 is 2.62 bits per heavy atom. The van der Waals surface area contributed by atoms with E-state index in [9.17, 15) is 4.79 Å². The summed E-state index contributed by atoms with van der Waals surface area (Å²) in [5.41, 5.74) is 12.9. The van der Waals surface area contributed by atoms with Crippen molar-refractivity contribution >= 4 is 33.2 Å². The molecule has 0 atom stereocenters. The summed E-state index contributed by atoms with van der Waals surface area (Å²) < 4.78 is 4.92. The molecule has 2 N–H and O–H groups in total. The van der Waals surface area contributed by atoms with Crippen LogP contribution in [0.1, 0.15) is 45.8 Å². The van der Waals surface area contributed by atoms with Crippen molar-refractivity contribution in [3.8, 4) is 11.1 Å². The number of ether oxygens (including phenoxy) is 1. The van der Waals surface area contributed by atoms with E-state index in [1.807, 2.05) is 0 Å². The molecule has 26 heavy (non-hydrogen) atoms. The molecule has 0 unspecified atom stereocenters. The number of rotatable bonds is 2. The van der Waals surface area contributed by atoms with E-state index >= 15 is 0 Å². The standard InChI is InChI=1S/C21H22N2O2S/c1-12-8-10-13(11-9-12)16-14-6-4-3-5-7-15(14)23-20-17(16)18(22)19(26-20)21(24)25-2/h8-11H,3-7,22H2,1-2H3. The SMILES string of the molecule is COC(=O)c1sc2nc3c(c(-c4ccc(C)cc4)c2c1N)CCCCC3. The van der Waals surface area contributed by atoms with E-state index in [-0.39, 0.29) is 0 Å². The first-order chi connectivity index (χ1) is 12.6. The monoisotopic (exact) mass is 366 g/mol. The number of fused-ring (bicyclic) bond motifs is 2. The number of anilines is 1. The number of pyridine rings is 1. The average Bonchev–Trinajstić information content (AvgIpc) is 2.82. The lowest BCUT2D eigenvalue weighted by molar-refractivity contribution is 0.0607. The topological polar surface area (TPSA) is 65.2 Å². The molecule has 1 aliphatic carbocycles. The molecule has 4 rings (SSSR count). The number of hydrogen-bond donors (Lipinski definition) is 1. The van der Waals surface area contributed by atoms with Crippen molar-refractivity contribution in [3.05, 3.63) is 46.0 Å². The van der Waals surface area contributed by atoms with Crippen LogP contribution < -0.4 is 5.73 Å². The third-order valence-corrected chi connectivity index (χ3v) is 6.19. The predicted octanol–water partition coefficient (Wildman–Crippen LogP) is 4.91. The van der Waals surface area contributed by atoms with Crippen molar-refractivity contribution in [1.82, 2.24) is 4.98 Å². The lowest BCUT2D eigenvalue weighted by Gasteiger charge is -2.15. The van der Waals surface area contributed by atoms with Gasteiger partial charge in [-0.15, -0.1) is 11.3 Å². The van der Waals surface area contributed by atoms with Gasteiger partial charge < -0.3 is 10.5 Å². The highest BCUT2D eigenvalue weighted by Gasteiger charge is 2.25. The third-order valence-electron chi connectivity index (χ3n) is 5.11. The Labute approximate surface area is 157 Å². The van der Waals surface area contributed by atoms with Gasteiger partial charge in [0.25, 0.3) is 0 Å². The lowest BCUT2D eigenvalue weighted by atomic mass is 9.92. The smallest absolute Gasteiger partial charge is 0.350 e. The van der Waals surface area contributed by atoms with Gasteiger partial charge in [0, 0.05) is 11.1 Å². The molecule has 2 aromatic heterocycles. The summed E-state index contributed by atoms with van der Waals surface area (Å²) in [6, 6.07) is 8.53. The zero-order valence-electron chi connectivity index (χ0n) is 15.1. The van der Waals surface area contributed by atoms with Gasteiger partial charge in [-0.3, -0.25) is 0 Å². The molecule has 0 fully saturated rings. The summed E-state index contributed by atoms with van der Waals surface area (Å²) >= 11 is 1.34. The number of benzene rings is 1. The first kappa shape index (κ1) is 17.0. The number of carbonyl (C=O) groups excluding carboxylic acids is 1. The summed E-state index contributed by atoms with van der Waals surface area (Å²) in [6.45, 7) is 2.08. The Balaban J connectivity index is 2.07. The van der Waals surface area contributed by atoms with Crippen molar-refractivity contribution in [2.75, 3.05) is 12.8 Å². The highest BCUT2D eigenvalue weighted by molar-refractivity contribution is 7.21. The van der Waals surface area contributed by atoms with Crippen LogP contribution in [0.15, 0.2) is 24.3 Å². The summed E-state index contributed by atoms with van der Waals surface area (Å²) in [5, 5.41) is 0.903. The fraction of sp³-hybridized carbons (Fsp3) is 0.333. The van der Waals surface area contributed by atoms with Crippen molar-refractivity contribution in [2.45, 2.75) is 39.0 Å². The molecule has 5 heteroatoms. The van der Waals surface area contributed by atoms with E-state index in [2.05, 4.69) is 31.2 Å². The van der Waals surface area contributed by atoms with Crippen molar-refractivity contribution < 1.29 is 9.53 Å². The Bertz CT molecular complexity index is 990. The largest absolute Gasteiger partial charge is 0.465 e. The normalized spacial score (nSPS) is 14.1. The predicted molar refractivity (Wildman–Crippen MR) is 107 cm³/mol. The van der Waals surface area contributed by atoms with Crippen molar-refractivity contribution in [1.29, 1.82) is 0 Å². The van der Waals surface area contributed by atoms with Crippen molar-refractivity contribution in [2.24, 2.45) is 0 Å². The van der Waals surface area contributed by atoms with Gasteiger partial charge in [0.15, 0.2) is 0 Å². The third kappa shape index (κ3) is 2.76. The van der Waals surface area contributed by atoms with Crippen LogP contribution in [0.5, 0.6) is 0 Å². The molecule has 0 saturated heterocycles. The Hall–Kier alpha value is -2.40. The fourth-order valence-corrected chi connectivity index (χ4v) is 4.81. The number of methoxy groups -OCH3 is 1. The first-order valence-electron chi connectivity index (χ1n) is 8.99. The molecular weight excluding hydrogens is 344 g/mol. The number of thiophene rings is 1. The summed E-state index contributed by atoms with van der Waals surface area (Å²) in [5.74, 6) is -0.393. The second kappa shape index (κ2) is 6.72. The minimum absolute atomic E-state index is 0.393. The first-order valence-corrected chi connectivity index (χ1v) is 9.81. The molecular formula is C21H22N2O2S. The van der Waals surface area contributed by atoms with Gasteiger partial charge in [0.1, 0.15) is 9.71 Å². The highest BCUT2D eigenvalue weighted by Crippen LogP contribution is 2.43. The van der Waals surface area contributed by atoms with E-state index in [0.29, 0.717) is 10.6 Å². The lowest BCUT2D eigenvalue weighted by Crippen LogP contribution is -2.03. The number of aromatic nitrogens is 1. The Morgan fingerprint density at radius 2 is 1.88 bits per heavy atom. The maximum Gasteiger partial charge on any atom is 0.350 e. The van der Waals surface area contributed by atoms with Gasteiger partial charge in [-0.2, -0.15) is 0 Å². The van der Waals surface area contributed by atoms with E-state index in [0.717, 1.165) is 52.7 Å². The average molecular weight is 366 g/mol. The second-order valence-electron chi connectivity index (χ2n) is 6.86. The summed E-state index contributed by atoms with van der Waals surface area (Å²) in [4.78, 5) is 18.3. The van der Waals surface area contributed by atoms with Gasteiger partial charge in [-0.05, 0) is 49.3 Å². The zero-order valence-corrected chi connectivity index (χ0v) is 15.9. The quantitative estimate of drug-likeness (QED) is 0.517. The van der Waals surface area contributed by atoms with Crippen LogP contribution in [-0.4, -0.2) is 18.1 Å². The van der Waals surface area contributed by atoms with E-state index in [1.165, 1.54) is 36.0 Å². The molecule has 1 aromatic carbocycles. The van der Waals surface area contributed by atoms with Crippen molar-refractivity contribution in [3.63, 3.8) is 0 Å². The molecule has 4 nitrogen and oxygen atoms in total. The van der Waals surface area contributed by atoms with Gasteiger partial charge in [-0.25, -0.2) is 9.78 Å². The minimum Gasteiger partial charge on any atom is -0.465 e. The molecule has 0 aliphatic heterocycles. The van der Waals surface area contributed by atoms with Crippen LogP contribution >= 0.6 is 11.3 Å². The highest BCUT2D eigenvalue weighted by atomic mass is 32.1. The Kier molecular flexibility index (Phi) is 4.41. The molecule has 3 aromatic rings. The molecule has 134 valence electrons. The van der Waals surface area contributed by atoms with Gasteiger partial charge >= 0.3 is 5.97 Å². The molecule has 2 heterocycles. The molecule has 0 bridgehead atoms. The maximum absolute atomic E-state index is 12.2. The maximum atomic E-state index is 12.2. The van der Waals surface area contributed by atoms with Gasteiger partial charge in [0.05, 0.1) is 12.8 Å². The number of aryl methyl sites for hydroxylation is 2. The van der Waals surface area contributed by atoms with Crippen LogP contribution in [0.25, 0.3) is 21.3 Å². The van der Waals surface area contributed by atoms with E-state index < -0.39 is 5.97 Å². The molecule has 0 radical (unpaired) electrons. The van der Waals surface area contributed by atoms with Gasteiger partial charge in [-0.1, -0.05) is 36.2 Å². The zero-order chi connectivity index (χ0) is 18.3. The number of esters is 1. The second-order valence-corrected chi connectivity index (χ2v) is 7.85. The fourth-order valence-electron chi connectivity index (χ4n) is 3.77. The summed E-state index contributed by atoms with van der Waals surface area (Å²) in [7, 11) is 1.38. The van der Waals surface area contributed by atoms with Crippen LogP contribution in [-0.2, 0) is 17.6 Å². The summed E-state index contributed by atoms with van der Waals surface area (Å²) in [6.07, 6.45) is 5.52. The number of nitrogens with zero attached hydrogens (tertiary/aromatic N) is 1. The minimum atomic E-state index is -0.393. The van der Waals surface area contributed by atoms with Crippen LogP contribution in [0, 0.1) is 6.92 Å². The van der Waals surface area contributed by atoms with Crippen LogP contribution in [0.3, 0.4) is 0 Å². The number of nitrogens with two attached hydrogens (primary N) is 1. The molecule has 0 amide bonds. The van der Waals surface area contributed by atoms with Crippen LogP contribution in [0.4, 0.5) is 5.69 Å². The number of nitrogen functional groups attached to an aromatic ring is 1. The van der Waals surface area contributed by atoms with Crippen LogP contribution in [0.2, 0.25) is 0 Å². The molecule has 1 aliphatic rings. The number of carbonyl (C=O) groups is 1. The number of hydrogen-bond acceptors (Lipinski definition) is 5. The van der Waals surface area contributed by atoms with E-state index in [1.54, 1.807) is 0 Å². The molecule has 0 saturated carbocycles. The van der Waals surface area contributed by atoms with E-state index in [4.69, 9.17) is 15.5 Å². The van der Waals surface area contributed by atoms with Gasteiger partial charge in [0.2, 0.25) is 0 Å². The molecule has 0 spiro atoms.